The summed E-state index contributed by atoms with van der Waals surface area (Å²) in [5.74, 6) is 0. The molecule has 0 spiro atoms. The van der Waals surface area contributed by atoms with Crippen LogP contribution < -0.4 is 4.90 Å². The van der Waals surface area contributed by atoms with Crippen LogP contribution in [0.15, 0.2) is 30.3 Å². The number of rotatable bonds is 3. The minimum atomic E-state index is -0.887. The summed E-state index contributed by atoms with van der Waals surface area (Å²) in [6, 6.07) is 9.02. The molecule has 0 saturated heterocycles. The summed E-state index contributed by atoms with van der Waals surface area (Å²) >= 11 is 0. The molecule has 0 saturated carbocycles. The predicted octanol–water partition coefficient (Wildman–Crippen LogP) is 3.16. The highest BCUT2D eigenvalue weighted by atomic mass is 16.6. The molecule has 1 N–H and O–H groups in total. The third-order valence-electron chi connectivity index (χ3n) is 2.29. The van der Waals surface area contributed by atoms with Crippen molar-refractivity contribution >= 4 is 11.8 Å². The van der Waals surface area contributed by atoms with Crippen molar-refractivity contribution in [3.05, 3.63) is 30.3 Å². The molecule has 0 aliphatic rings. The Bertz CT molecular complexity index is 384. The van der Waals surface area contributed by atoms with Crippen molar-refractivity contribution in [3.63, 3.8) is 0 Å². The molecule has 0 bridgehead atoms. The zero-order valence-electron chi connectivity index (χ0n) is 11.4. The highest BCUT2D eigenvalue weighted by Gasteiger charge is 2.27. The van der Waals surface area contributed by atoms with Gasteiger partial charge in [-0.25, -0.2) is 4.79 Å². The minimum absolute atomic E-state index is 0.439. The van der Waals surface area contributed by atoms with Gasteiger partial charge in [0, 0.05) is 5.69 Å². The fraction of sp³-hybridized carbons (Fsp3) is 0.500. The minimum Gasteiger partial charge on any atom is -0.443 e. The summed E-state index contributed by atoms with van der Waals surface area (Å²) in [6.07, 6.45) is -0.987. The van der Waals surface area contributed by atoms with Gasteiger partial charge in [0.15, 0.2) is 0 Å². The van der Waals surface area contributed by atoms with Crippen LogP contribution in [0, 0.1) is 0 Å². The predicted molar refractivity (Wildman–Crippen MR) is 71.5 cm³/mol. The van der Waals surface area contributed by atoms with Crippen LogP contribution in [0.3, 0.4) is 0 Å². The first-order chi connectivity index (χ1) is 8.35. The number of aliphatic hydroxyl groups is 1. The standard InChI is InChI=1S/C14H21NO3/c1-5-12(16)15(11-9-7-6-8-10-11)13(17)18-14(2,3)4/h6-10,12,16H,5H2,1-4H3. The van der Waals surface area contributed by atoms with Gasteiger partial charge < -0.3 is 9.84 Å². The van der Waals surface area contributed by atoms with Crippen LogP contribution in [0.1, 0.15) is 34.1 Å². The molecule has 1 amide bonds. The van der Waals surface area contributed by atoms with E-state index in [0.717, 1.165) is 0 Å². The van der Waals surface area contributed by atoms with Crippen LogP contribution in [0.5, 0.6) is 0 Å². The van der Waals surface area contributed by atoms with E-state index in [1.807, 2.05) is 25.1 Å². The van der Waals surface area contributed by atoms with Gasteiger partial charge in [-0.05, 0) is 39.3 Å². The second-order valence-electron chi connectivity index (χ2n) is 5.07. The molecule has 1 aromatic rings. The number of amides is 1. The zero-order chi connectivity index (χ0) is 13.8. The molecule has 0 fully saturated rings. The molecule has 4 heteroatoms. The fourth-order valence-electron chi connectivity index (χ4n) is 1.48. The first kappa shape index (κ1) is 14.5. The Morgan fingerprint density at radius 2 is 1.89 bits per heavy atom. The van der Waals surface area contributed by atoms with Gasteiger partial charge in [-0.1, -0.05) is 25.1 Å². The van der Waals surface area contributed by atoms with Crippen molar-refractivity contribution in [1.29, 1.82) is 0 Å². The van der Waals surface area contributed by atoms with Crippen molar-refractivity contribution in [3.8, 4) is 0 Å². The van der Waals surface area contributed by atoms with Crippen molar-refractivity contribution in [2.24, 2.45) is 0 Å². The van der Waals surface area contributed by atoms with Gasteiger partial charge in [-0.3, -0.25) is 4.90 Å². The van der Waals surface area contributed by atoms with Crippen LogP contribution in [0.2, 0.25) is 0 Å². The number of carbonyl (C=O) groups is 1. The van der Waals surface area contributed by atoms with E-state index >= 15 is 0 Å². The number of hydrogen-bond donors (Lipinski definition) is 1. The smallest absolute Gasteiger partial charge is 0.416 e. The van der Waals surface area contributed by atoms with Gasteiger partial charge in [0.25, 0.3) is 0 Å². The number of benzene rings is 1. The summed E-state index contributed by atoms with van der Waals surface area (Å²) in [4.78, 5) is 13.4. The number of ether oxygens (including phenoxy) is 1. The molecule has 100 valence electrons. The van der Waals surface area contributed by atoms with Crippen LogP contribution in [-0.4, -0.2) is 23.0 Å². The van der Waals surface area contributed by atoms with Gasteiger partial charge in [-0.2, -0.15) is 0 Å². The molecule has 1 aromatic carbocycles. The van der Waals surface area contributed by atoms with Crippen molar-refractivity contribution in [2.45, 2.75) is 45.9 Å². The summed E-state index contributed by atoms with van der Waals surface area (Å²) in [7, 11) is 0. The van der Waals surface area contributed by atoms with E-state index in [0.29, 0.717) is 12.1 Å². The maximum Gasteiger partial charge on any atom is 0.416 e. The molecule has 18 heavy (non-hydrogen) atoms. The highest BCUT2D eigenvalue weighted by Crippen LogP contribution is 2.20. The summed E-state index contributed by atoms with van der Waals surface area (Å²) in [5, 5.41) is 9.96. The lowest BCUT2D eigenvalue weighted by molar-refractivity contribution is 0.0470. The third kappa shape index (κ3) is 4.04. The molecule has 0 aliphatic heterocycles. The Hall–Kier alpha value is -1.55. The number of nitrogens with zero attached hydrogens (tertiary/aromatic N) is 1. The van der Waals surface area contributed by atoms with Crippen LogP contribution in [0.25, 0.3) is 0 Å². The molecular formula is C14H21NO3. The van der Waals surface area contributed by atoms with E-state index in [9.17, 15) is 9.90 Å². The number of carbonyl (C=O) groups excluding carboxylic acids is 1. The van der Waals surface area contributed by atoms with Crippen molar-refractivity contribution in [2.75, 3.05) is 4.90 Å². The van der Waals surface area contributed by atoms with E-state index in [4.69, 9.17) is 4.74 Å². The molecule has 0 aromatic heterocycles. The molecule has 0 radical (unpaired) electrons. The Kier molecular flexibility index (Phi) is 4.73. The Labute approximate surface area is 108 Å². The lowest BCUT2D eigenvalue weighted by Crippen LogP contribution is -2.43. The number of aliphatic hydroxyl groups excluding tert-OH is 1. The molecule has 4 nitrogen and oxygen atoms in total. The van der Waals surface area contributed by atoms with Crippen molar-refractivity contribution < 1.29 is 14.6 Å². The van der Waals surface area contributed by atoms with E-state index in [1.54, 1.807) is 32.9 Å². The average Bonchev–Trinajstić information content (AvgIpc) is 2.28. The van der Waals surface area contributed by atoms with Crippen LogP contribution >= 0.6 is 0 Å². The van der Waals surface area contributed by atoms with E-state index < -0.39 is 17.9 Å². The highest BCUT2D eigenvalue weighted by molar-refractivity contribution is 5.88. The van der Waals surface area contributed by atoms with Crippen LogP contribution in [0.4, 0.5) is 10.5 Å². The quantitative estimate of drug-likeness (QED) is 0.839. The average molecular weight is 251 g/mol. The van der Waals surface area contributed by atoms with Crippen molar-refractivity contribution in [1.82, 2.24) is 0 Å². The summed E-state index contributed by atoms with van der Waals surface area (Å²) < 4.78 is 5.30. The zero-order valence-corrected chi connectivity index (χ0v) is 11.4. The van der Waals surface area contributed by atoms with Gasteiger partial charge in [-0.15, -0.1) is 0 Å². The number of hydrogen-bond acceptors (Lipinski definition) is 3. The molecule has 0 aliphatic carbocycles. The Morgan fingerprint density at radius 1 is 1.33 bits per heavy atom. The maximum atomic E-state index is 12.1. The number of anilines is 1. The third-order valence-corrected chi connectivity index (χ3v) is 2.29. The number of para-hydroxylation sites is 1. The Morgan fingerprint density at radius 3 is 2.33 bits per heavy atom. The van der Waals surface area contributed by atoms with E-state index in [2.05, 4.69) is 0 Å². The maximum absolute atomic E-state index is 12.1. The fourth-order valence-corrected chi connectivity index (χ4v) is 1.48. The monoisotopic (exact) mass is 251 g/mol. The largest absolute Gasteiger partial charge is 0.443 e. The topological polar surface area (TPSA) is 49.8 Å². The van der Waals surface area contributed by atoms with E-state index in [-0.39, 0.29) is 0 Å². The molecule has 1 rings (SSSR count). The second-order valence-corrected chi connectivity index (χ2v) is 5.07. The lowest BCUT2D eigenvalue weighted by atomic mass is 10.2. The SMILES string of the molecule is CCC(O)N(C(=O)OC(C)(C)C)c1ccccc1. The first-order valence-corrected chi connectivity index (χ1v) is 6.10. The summed E-state index contributed by atoms with van der Waals surface area (Å²) in [6.45, 7) is 7.20. The molecule has 1 unspecified atom stereocenters. The summed E-state index contributed by atoms with van der Waals surface area (Å²) in [5.41, 5.74) is 0.0403. The first-order valence-electron chi connectivity index (χ1n) is 6.10. The van der Waals surface area contributed by atoms with Gasteiger partial charge >= 0.3 is 6.09 Å². The molecule has 1 atom stereocenters. The Balaban J connectivity index is 2.96. The van der Waals surface area contributed by atoms with Gasteiger partial charge in [0.1, 0.15) is 11.8 Å². The van der Waals surface area contributed by atoms with Crippen LogP contribution in [-0.2, 0) is 4.74 Å². The second kappa shape index (κ2) is 5.87. The van der Waals surface area contributed by atoms with E-state index in [1.165, 1.54) is 4.90 Å². The lowest BCUT2D eigenvalue weighted by Gasteiger charge is -2.30. The van der Waals surface area contributed by atoms with Gasteiger partial charge in [0.2, 0.25) is 0 Å². The molecular weight excluding hydrogens is 230 g/mol. The normalized spacial score (nSPS) is 12.9. The molecule has 0 heterocycles. The van der Waals surface area contributed by atoms with Gasteiger partial charge in [0.05, 0.1) is 0 Å².